The first-order chi connectivity index (χ1) is 9.69. The third-order valence-corrected chi connectivity index (χ3v) is 4.37. The van der Waals surface area contributed by atoms with E-state index in [1.54, 1.807) is 0 Å². The van der Waals surface area contributed by atoms with Gasteiger partial charge in [0, 0.05) is 12.1 Å². The van der Waals surface area contributed by atoms with Gasteiger partial charge in [0.05, 0.1) is 18.2 Å². The van der Waals surface area contributed by atoms with Gasteiger partial charge in [-0.1, -0.05) is 30.7 Å². The fourth-order valence-electron chi connectivity index (χ4n) is 3.33. The van der Waals surface area contributed by atoms with Crippen molar-refractivity contribution in [3.05, 3.63) is 29.7 Å². The molecule has 0 radical (unpaired) electrons. The molecule has 5 heteroatoms. The number of carbonyl (C=O) groups is 1. The highest BCUT2D eigenvalue weighted by atomic mass is 16.5. The highest BCUT2D eigenvalue weighted by molar-refractivity contribution is 5.80. The Morgan fingerprint density at radius 1 is 1.50 bits per heavy atom. The summed E-state index contributed by atoms with van der Waals surface area (Å²) < 4.78 is 5.21. The molecule has 20 heavy (non-hydrogen) atoms. The van der Waals surface area contributed by atoms with Gasteiger partial charge in [0.15, 0.2) is 5.76 Å². The fourth-order valence-corrected chi connectivity index (χ4v) is 3.33. The molecule has 0 aliphatic heterocycles. The molecule has 0 aromatic carbocycles. The number of nitrogens with one attached hydrogen (secondary N) is 1. The third-order valence-electron chi connectivity index (χ3n) is 4.37. The van der Waals surface area contributed by atoms with E-state index < -0.39 is 0 Å². The van der Waals surface area contributed by atoms with E-state index in [4.69, 9.17) is 10.3 Å². The van der Waals surface area contributed by atoms with Crippen LogP contribution in [0.1, 0.15) is 31.2 Å². The van der Waals surface area contributed by atoms with E-state index in [-0.39, 0.29) is 17.9 Å². The molecule has 1 heterocycles. The molecular weight excluding hydrogens is 254 g/mol. The van der Waals surface area contributed by atoms with E-state index >= 15 is 0 Å². The van der Waals surface area contributed by atoms with Crippen LogP contribution in [-0.2, 0) is 17.8 Å². The number of rotatable bonds is 5. The smallest absolute Gasteiger partial charge is 0.225 e. The zero-order chi connectivity index (χ0) is 14.1. The van der Waals surface area contributed by atoms with Crippen molar-refractivity contribution in [2.45, 2.75) is 38.8 Å². The Hall–Kier alpha value is -1.62. The second kappa shape index (κ2) is 5.40. The van der Waals surface area contributed by atoms with Gasteiger partial charge in [-0.05, 0) is 24.7 Å². The van der Waals surface area contributed by atoms with Crippen molar-refractivity contribution < 1.29 is 9.32 Å². The van der Waals surface area contributed by atoms with Crippen LogP contribution in [0, 0.1) is 17.8 Å². The number of hydrogen-bond acceptors (Lipinski definition) is 4. The lowest BCUT2D eigenvalue weighted by Crippen LogP contribution is -2.43. The molecule has 2 aliphatic rings. The number of nitrogens with zero attached hydrogens (tertiary/aromatic N) is 1. The molecular formula is C15H21N3O2. The fraction of sp³-hybridized carbons (Fsp3) is 0.600. The summed E-state index contributed by atoms with van der Waals surface area (Å²) in [7, 11) is 0. The maximum atomic E-state index is 12.3. The molecule has 1 fully saturated rings. The van der Waals surface area contributed by atoms with Crippen LogP contribution in [-0.4, -0.2) is 17.1 Å². The summed E-state index contributed by atoms with van der Waals surface area (Å²) in [6, 6.07) is 1.86. The molecule has 3 N–H and O–H groups in total. The normalized spacial score (nSPS) is 30.9. The minimum Gasteiger partial charge on any atom is -0.359 e. The van der Waals surface area contributed by atoms with E-state index in [0.29, 0.717) is 24.1 Å². The molecule has 1 amide bonds. The number of aryl methyl sites for hydroxylation is 1. The van der Waals surface area contributed by atoms with E-state index in [2.05, 4.69) is 29.5 Å². The molecule has 0 unspecified atom stereocenters. The number of hydrogen-bond donors (Lipinski definition) is 2. The molecule has 1 saturated carbocycles. The zero-order valence-corrected chi connectivity index (χ0v) is 11.7. The number of allylic oxidation sites excluding steroid dienone is 1. The predicted molar refractivity (Wildman–Crippen MR) is 74.5 cm³/mol. The van der Waals surface area contributed by atoms with Gasteiger partial charge in [-0.15, -0.1) is 0 Å². The lowest BCUT2D eigenvalue weighted by Gasteiger charge is -2.23. The SMILES string of the molecule is CCCc1cc(CNC(=O)[C@H]2[C@@H](N)[C@H]3C=C[C@@H]2C3)on1. The first-order valence-corrected chi connectivity index (χ1v) is 7.35. The molecule has 0 spiro atoms. The summed E-state index contributed by atoms with van der Waals surface area (Å²) in [5.41, 5.74) is 7.07. The van der Waals surface area contributed by atoms with Crippen LogP contribution in [0.2, 0.25) is 0 Å². The second-order valence-corrected chi connectivity index (χ2v) is 5.80. The summed E-state index contributed by atoms with van der Waals surface area (Å²) >= 11 is 0. The maximum absolute atomic E-state index is 12.3. The average Bonchev–Trinajstić information content (AvgIpc) is 3.12. The summed E-state index contributed by atoms with van der Waals surface area (Å²) in [6.07, 6.45) is 7.23. The molecule has 2 aliphatic carbocycles. The van der Waals surface area contributed by atoms with Crippen molar-refractivity contribution in [2.75, 3.05) is 0 Å². The first kappa shape index (κ1) is 13.4. The van der Waals surface area contributed by atoms with Crippen molar-refractivity contribution in [1.29, 1.82) is 0 Å². The molecule has 5 nitrogen and oxygen atoms in total. The Bertz CT molecular complexity index is 523. The predicted octanol–water partition coefficient (Wildman–Crippen LogP) is 1.39. The van der Waals surface area contributed by atoms with Gasteiger partial charge in [0.1, 0.15) is 0 Å². The molecule has 108 valence electrons. The van der Waals surface area contributed by atoms with Gasteiger partial charge in [-0.2, -0.15) is 0 Å². The molecule has 1 aromatic rings. The summed E-state index contributed by atoms with van der Waals surface area (Å²) in [5.74, 6) is 1.32. The first-order valence-electron chi connectivity index (χ1n) is 7.35. The maximum Gasteiger partial charge on any atom is 0.225 e. The number of amides is 1. The van der Waals surface area contributed by atoms with Crippen LogP contribution in [0.3, 0.4) is 0 Å². The molecule has 0 saturated heterocycles. The van der Waals surface area contributed by atoms with Gasteiger partial charge in [0.25, 0.3) is 0 Å². The van der Waals surface area contributed by atoms with E-state index in [9.17, 15) is 4.79 Å². The van der Waals surface area contributed by atoms with Crippen molar-refractivity contribution in [3.63, 3.8) is 0 Å². The Morgan fingerprint density at radius 2 is 2.30 bits per heavy atom. The van der Waals surface area contributed by atoms with Crippen LogP contribution >= 0.6 is 0 Å². The summed E-state index contributed by atoms with van der Waals surface area (Å²) in [6.45, 7) is 2.49. The van der Waals surface area contributed by atoms with E-state index in [1.807, 2.05) is 6.07 Å². The van der Waals surface area contributed by atoms with Crippen LogP contribution in [0.5, 0.6) is 0 Å². The minimum absolute atomic E-state index is 0.0304. The van der Waals surface area contributed by atoms with Gasteiger partial charge >= 0.3 is 0 Å². The van der Waals surface area contributed by atoms with E-state index in [1.165, 1.54) is 0 Å². The van der Waals surface area contributed by atoms with Gasteiger partial charge < -0.3 is 15.6 Å². The van der Waals surface area contributed by atoms with Gasteiger partial charge in [0.2, 0.25) is 5.91 Å². The Balaban J connectivity index is 1.55. The highest BCUT2D eigenvalue weighted by Crippen LogP contribution is 2.42. The van der Waals surface area contributed by atoms with Crippen LogP contribution < -0.4 is 11.1 Å². The second-order valence-electron chi connectivity index (χ2n) is 5.80. The summed E-state index contributed by atoms with van der Waals surface area (Å²) in [4.78, 5) is 12.3. The lowest BCUT2D eigenvalue weighted by molar-refractivity contribution is -0.126. The van der Waals surface area contributed by atoms with Crippen molar-refractivity contribution >= 4 is 5.91 Å². The van der Waals surface area contributed by atoms with Crippen molar-refractivity contribution in [2.24, 2.45) is 23.5 Å². The number of aromatic nitrogens is 1. The lowest BCUT2D eigenvalue weighted by atomic mass is 9.89. The van der Waals surface area contributed by atoms with Crippen molar-refractivity contribution in [1.82, 2.24) is 10.5 Å². The number of nitrogens with two attached hydrogens (primary N) is 1. The Labute approximate surface area is 118 Å². The average molecular weight is 275 g/mol. The van der Waals surface area contributed by atoms with Crippen LogP contribution in [0.15, 0.2) is 22.7 Å². The third kappa shape index (κ3) is 2.38. The van der Waals surface area contributed by atoms with Crippen LogP contribution in [0.4, 0.5) is 0 Å². The van der Waals surface area contributed by atoms with Crippen molar-refractivity contribution in [3.8, 4) is 0 Å². The number of carbonyl (C=O) groups excluding carboxylic acids is 1. The zero-order valence-electron chi connectivity index (χ0n) is 11.7. The van der Waals surface area contributed by atoms with Gasteiger partial charge in [-0.3, -0.25) is 4.79 Å². The number of fused-ring (bicyclic) bond motifs is 2. The van der Waals surface area contributed by atoms with E-state index in [0.717, 1.165) is 25.0 Å². The largest absolute Gasteiger partial charge is 0.359 e. The Morgan fingerprint density at radius 3 is 3.00 bits per heavy atom. The monoisotopic (exact) mass is 275 g/mol. The van der Waals surface area contributed by atoms with Gasteiger partial charge in [-0.25, -0.2) is 0 Å². The molecule has 4 atom stereocenters. The Kier molecular flexibility index (Phi) is 3.61. The topological polar surface area (TPSA) is 81.2 Å². The molecule has 3 rings (SSSR count). The quantitative estimate of drug-likeness (QED) is 0.796. The molecule has 1 aromatic heterocycles. The summed E-state index contributed by atoms with van der Waals surface area (Å²) in [5, 5.41) is 6.90. The molecule has 2 bridgehead atoms. The van der Waals surface area contributed by atoms with Crippen LogP contribution in [0.25, 0.3) is 0 Å². The highest BCUT2D eigenvalue weighted by Gasteiger charge is 2.46. The standard InChI is InChI=1S/C15H21N3O2/c1-2-3-11-7-12(20-18-11)8-17-15(19)13-9-4-5-10(6-9)14(13)16/h4-5,7,9-10,13-14H,2-3,6,8,16H2,1H3,(H,17,19)/t9-,10+,13-,14+/m1/s1. The minimum atomic E-state index is -0.0944.